The Hall–Kier alpha value is -2.44. The third-order valence-electron chi connectivity index (χ3n) is 4.73. The highest BCUT2D eigenvalue weighted by atomic mass is 35.5. The van der Waals surface area contributed by atoms with Crippen LogP contribution in [0.15, 0.2) is 42.5 Å². The number of carbonyl (C=O) groups excluding carboxylic acids is 2. The highest BCUT2D eigenvalue weighted by Crippen LogP contribution is 2.26. The van der Waals surface area contributed by atoms with Gasteiger partial charge < -0.3 is 19.7 Å². The summed E-state index contributed by atoms with van der Waals surface area (Å²) in [4.78, 5) is 26.6. The molecule has 1 heterocycles. The first-order valence-corrected chi connectivity index (χ1v) is 10.0. The zero-order valence-electron chi connectivity index (χ0n) is 16.0. The summed E-state index contributed by atoms with van der Waals surface area (Å²) in [6.45, 7) is 0.956. The summed E-state index contributed by atoms with van der Waals surface area (Å²) in [5.74, 6) is 0.733. The molecule has 2 amide bonds. The molecule has 3 rings (SSSR count). The molecule has 0 aliphatic carbocycles. The van der Waals surface area contributed by atoms with E-state index in [1.165, 1.54) is 0 Å². The van der Waals surface area contributed by atoms with E-state index in [-0.39, 0.29) is 24.5 Å². The van der Waals surface area contributed by atoms with Crippen molar-refractivity contribution in [2.45, 2.75) is 18.9 Å². The summed E-state index contributed by atoms with van der Waals surface area (Å²) in [6, 6.07) is 12.0. The van der Waals surface area contributed by atoms with E-state index in [0.29, 0.717) is 53.0 Å². The lowest BCUT2D eigenvalue weighted by Crippen LogP contribution is -2.47. The van der Waals surface area contributed by atoms with Gasteiger partial charge in [-0.15, -0.1) is 0 Å². The molecular formula is C21H22Cl2N2O4. The van der Waals surface area contributed by atoms with Crippen LogP contribution in [0.1, 0.15) is 23.2 Å². The average Bonchev–Trinajstić information content (AvgIpc) is 2.74. The van der Waals surface area contributed by atoms with Crippen molar-refractivity contribution < 1.29 is 19.1 Å². The van der Waals surface area contributed by atoms with E-state index < -0.39 is 0 Å². The summed E-state index contributed by atoms with van der Waals surface area (Å²) >= 11 is 12.1. The van der Waals surface area contributed by atoms with E-state index in [2.05, 4.69) is 5.32 Å². The van der Waals surface area contributed by atoms with E-state index in [1.807, 2.05) is 12.1 Å². The van der Waals surface area contributed by atoms with Gasteiger partial charge in [0.2, 0.25) is 0 Å². The minimum absolute atomic E-state index is 0.0114. The predicted molar refractivity (Wildman–Crippen MR) is 112 cm³/mol. The Bertz CT molecular complexity index is 883. The summed E-state index contributed by atoms with van der Waals surface area (Å²) in [6.07, 6.45) is 1.31. The Morgan fingerprint density at radius 3 is 2.48 bits per heavy atom. The lowest BCUT2D eigenvalue weighted by molar-refractivity contribution is -0.124. The molecule has 6 nitrogen and oxygen atoms in total. The molecule has 0 unspecified atom stereocenters. The first kappa shape index (κ1) is 21.3. The Balaban J connectivity index is 1.47. The minimum Gasteiger partial charge on any atom is -0.493 e. The van der Waals surface area contributed by atoms with Crippen LogP contribution in [-0.2, 0) is 4.79 Å². The van der Waals surface area contributed by atoms with Gasteiger partial charge in [-0.3, -0.25) is 9.59 Å². The van der Waals surface area contributed by atoms with Crippen molar-refractivity contribution in [2.75, 3.05) is 26.8 Å². The monoisotopic (exact) mass is 436 g/mol. The zero-order chi connectivity index (χ0) is 20.8. The molecule has 154 valence electrons. The van der Waals surface area contributed by atoms with Gasteiger partial charge in [-0.2, -0.15) is 0 Å². The molecule has 0 radical (unpaired) electrons. The lowest BCUT2D eigenvalue weighted by Gasteiger charge is -2.32. The Labute approximate surface area is 179 Å². The fourth-order valence-electron chi connectivity index (χ4n) is 3.21. The van der Waals surface area contributed by atoms with Crippen molar-refractivity contribution in [2.24, 2.45) is 0 Å². The number of ether oxygens (including phenoxy) is 2. The van der Waals surface area contributed by atoms with Gasteiger partial charge in [-0.05, 0) is 43.2 Å². The van der Waals surface area contributed by atoms with Crippen LogP contribution in [0.5, 0.6) is 11.5 Å². The van der Waals surface area contributed by atoms with Gasteiger partial charge in [0.25, 0.3) is 11.8 Å². The molecule has 0 aromatic heterocycles. The quantitative estimate of drug-likeness (QED) is 0.747. The van der Waals surface area contributed by atoms with Crippen molar-refractivity contribution in [1.82, 2.24) is 10.2 Å². The standard InChI is InChI=1S/C21H22Cl2N2O4/c1-28-18-4-2-3-5-19(18)29-13-20(26)24-15-8-10-25(11-9-15)21(27)16-12-14(22)6-7-17(16)23/h2-7,12,15H,8-11,13H2,1H3,(H,24,26). The Morgan fingerprint density at radius 1 is 1.10 bits per heavy atom. The summed E-state index contributed by atoms with van der Waals surface area (Å²) in [5, 5.41) is 3.80. The number of rotatable bonds is 6. The van der Waals surface area contributed by atoms with Crippen molar-refractivity contribution in [3.8, 4) is 11.5 Å². The molecule has 0 atom stereocenters. The van der Waals surface area contributed by atoms with Crippen LogP contribution in [0.3, 0.4) is 0 Å². The average molecular weight is 437 g/mol. The minimum atomic E-state index is -0.210. The summed E-state index contributed by atoms with van der Waals surface area (Å²) < 4.78 is 10.7. The normalized spacial score (nSPS) is 14.4. The van der Waals surface area contributed by atoms with Gasteiger partial charge in [-0.25, -0.2) is 0 Å². The van der Waals surface area contributed by atoms with Crippen LogP contribution in [0.4, 0.5) is 0 Å². The lowest BCUT2D eigenvalue weighted by atomic mass is 10.0. The molecular weight excluding hydrogens is 415 g/mol. The van der Waals surface area contributed by atoms with Crippen LogP contribution in [0.2, 0.25) is 10.0 Å². The number of para-hydroxylation sites is 2. The van der Waals surface area contributed by atoms with E-state index in [0.717, 1.165) is 0 Å². The number of hydrogen-bond donors (Lipinski definition) is 1. The van der Waals surface area contributed by atoms with Gasteiger partial charge in [0.15, 0.2) is 18.1 Å². The second-order valence-corrected chi connectivity index (χ2v) is 7.54. The van der Waals surface area contributed by atoms with Crippen LogP contribution in [-0.4, -0.2) is 49.6 Å². The van der Waals surface area contributed by atoms with Gasteiger partial charge in [-0.1, -0.05) is 35.3 Å². The zero-order valence-corrected chi connectivity index (χ0v) is 17.5. The molecule has 2 aromatic rings. The molecule has 2 aromatic carbocycles. The third kappa shape index (κ3) is 5.55. The number of hydrogen-bond acceptors (Lipinski definition) is 4. The van der Waals surface area contributed by atoms with Crippen LogP contribution >= 0.6 is 23.2 Å². The largest absolute Gasteiger partial charge is 0.493 e. The Kier molecular flexibility index (Phi) is 7.23. The van der Waals surface area contributed by atoms with Crippen molar-refractivity contribution in [1.29, 1.82) is 0 Å². The first-order chi connectivity index (χ1) is 14.0. The summed E-state index contributed by atoms with van der Waals surface area (Å²) in [7, 11) is 1.55. The number of piperidine rings is 1. The molecule has 0 spiro atoms. The second-order valence-electron chi connectivity index (χ2n) is 6.70. The van der Waals surface area contributed by atoms with Crippen molar-refractivity contribution >= 4 is 35.0 Å². The van der Waals surface area contributed by atoms with E-state index >= 15 is 0 Å². The molecule has 29 heavy (non-hydrogen) atoms. The smallest absolute Gasteiger partial charge is 0.258 e. The first-order valence-electron chi connectivity index (χ1n) is 9.27. The highest BCUT2D eigenvalue weighted by Gasteiger charge is 2.26. The Morgan fingerprint density at radius 2 is 1.79 bits per heavy atom. The molecule has 0 bridgehead atoms. The number of carbonyl (C=O) groups is 2. The molecule has 1 N–H and O–H groups in total. The van der Waals surface area contributed by atoms with Gasteiger partial charge in [0.05, 0.1) is 17.7 Å². The predicted octanol–water partition coefficient (Wildman–Crippen LogP) is 3.80. The van der Waals surface area contributed by atoms with Gasteiger partial charge in [0, 0.05) is 24.2 Å². The van der Waals surface area contributed by atoms with Crippen molar-refractivity contribution in [3.05, 3.63) is 58.1 Å². The number of nitrogens with one attached hydrogen (secondary N) is 1. The number of amides is 2. The maximum atomic E-state index is 12.7. The molecule has 0 saturated carbocycles. The van der Waals surface area contributed by atoms with Crippen LogP contribution < -0.4 is 14.8 Å². The highest BCUT2D eigenvalue weighted by molar-refractivity contribution is 6.35. The van der Waals surface area contributed by atoms with Gasteiger partial charge in [0.1, 0.15) is 0 Å². The SMILES string of the molecule is COc1ccccc1OCC(=O)NC1CCN(C(=O)c2cc(Cl)ccc2Cl)CC1. The van der Waals surface area contributed by atoms with Gasteiger partial charge >= 0.3 is 0 Å². The number of methoxy groups -OCH3 is 1. The second kappa shape index (κ2) is 9.85. The van der Waals surface area contributed by atoms with E-state index in [9.17, 15) is 9.59 Å². The van der Waals surface area contributed by atoms with Crippen LogP contribution in [0.25, 0.3) is 0 Å². The molecule has 1 saturated heterocycles. The molecule has 1 aliphatic heterocycles. The maximum absolute atomic E-state index is 12.7. The summed E-state index contributed by atoms with van der Waals surface area (Å²) in [5.41, 5.74) is 0.395. The maximum Gasteiger partial charge on any atom is 0.258 e. The van der Waals surface area contributed by atoms with Crippen molar-refractivity contribution in [3.63, 3.8) is 0 Å². The topological polar surface area (TPSA) is 67.9 Å². The number of likely N-dealkylation sites (tertiary alicyclic amines) is 1. The molecule has 1 aliphatic rings. The van der Waals surface area contributed by atoms with E-state index in [1.54, 1.807) is 42.3 Å². The number of halogens is 2. The fraction of sp³-hybridized carbons (Fsp3) is 0.333. The molecule has 8 heteroatoms. The molecule has 1 fully saturated rings. The number of nitrogens with zero attached hydrogens (tertiary/aromatic N) is 1. The van der Waals surface area contributed by atoms with Crippen LogP contribution in [0, 0.1) is 0 Å². The number of benzene rings is 2. The van der Waals surface area contributed by atoms with E-state index in [4.69, 9.17) is 32.7 Å². The third-order valence-corrected chi connectivity index (χ3v) is 5.30. The fourth-order valence-corrected chi connectivity index (χ4v) is 3.58.